The number of nitrogens with zero attached hydrogens (tertiary/aromatic N) is 5. The van der Waals surface area contributed by atoms with Crippen molar-refractivity contribution in [2.45, 2.75) is 39.2 Å². The van der Waals surface area contributed by atoms with E-state index in [-0.39, 0.29) is 17.3 Å². The molecule has 0 bridgehead atoms. The van der Waals surface area contributed by atoms with Gasteiger partial charge in [-0.3, -0.25) is 14.4 Å². The number of aryl methyl sites for hydroxylation is 1. The van der Waals surface area contributed by atoms with Gasteiger partial charge in [0.1, 0.15) is 6.54 Å². The summed E-state index contributed by atoms with van der Waals surface area (Å²) < 4.78 is 73.7. The van der Waals surface area contributed by atoms with Gasteiger partial charge in [0.2, 0.25) is 0 Å². The fraction of sp³-hybridized carbons (Fsp3) is 0.333. The molecule has 0 aromatic carbocycles. The monoisotopic (exact) mass is 483 g/mol. The fourth-order valence-corrected chi connectivity index (χ4v) is 3.84. The lowest BCUT2D eigenvalue weighted by molar-refractivity contribution is -0.142. The van der Waals surface area contributed by atoms with E-state index in [1.54, 1.807) is 19.9 Å². The minimum absolute atomic E-state index is 0.132. The molecule has 0 saturated carbocycles. The van der Waals surface area contributed by atoms with E-state index in [9.17, 15) is 26.7 Å². The number of methoxy groups -OCH3 is 1. The topological polar surface area (TPSA) is 82.4 Å². The number of anilines is 1. The Hall–Kier alpha value is -3.77. The Labute approximate surface area is 189 Å². The quantitative estimate of drug-likeness (QED) is 0.479. The Morgan fingerprint density at radius 1 is 1.21 bits per heavy atom. The molecule has 1 atom stereocenters. The Bertz CT molecular complexity index is 1240. The molecule has 1 aliphatic heterocycles. The molecule has 0 aliphatic carbocycles. The van der Waals surface area contributed by atoms with Gasteiger partial charge in [-0.2, -0.15) is 27.1 Å². The summed E-state index contributed by atoms with van der Waals surface area (Å²) in [5.41, 5.74) is 2.13. The average Bonchev–Trinajstić information content (AvgIpc) is 3.28. The molecule has 0 N–H and O–H groups in total. The van der Waals surface area contributed by atoms with Crippen LogP contribution in [0.2, 0.25) is 0 Å². The summed E-state index contributed by atoms with van der Waals surface area (Å²) in [4.78, 5) is 23.0. The number of pyridine rings is 2. The first-order valence-corrected chi connectivity index (χ1v) is 9.92. The minimum Gasteiger partial charge on any atom is -0.478 e. The largest absolute Gasteiger partial charge is 0.478 e. The molecule has 1 amide bonds. The van der Waals surface area contributed by atoms with E-state index in [1.807, 2.05) is 0 Å². The summed E-state index contributed by atoms with van der Waals surface area (Å²) in [6, 6.07) is 2.27. The normalized spacial score (nSPS) is 15.7. The number of carbonyl (C=O) groups excluding carboxylic acids is 1. The smallest absolute Gasteiger partial charge is 0.408 e. The first-order valence-electron chi connectivity index (χ1n) is 9.92. The van der Waals surface area contributed by atoms with Gasteiger partial charge in [-0.05, 0) is 31.5 Å². The summed E-state index contributed by atoms with van der Waals surface area (Å²) in [6.07, 6.45) is -0.764. The van der Waals surface area contributed by atoms with Gasteiger partial charge < -0.3 is 9.47 Å². The Morgan fingerprint density at radius 2 is 1.94 bits per heavy atom. The van der Waals surface area contributed by atoms with E-state index in [0.717, 1.165) is 6.20 Å². The molecule has 4 rings (SSSR count). The van der Waals surface area contributed by atoms with Gasteiger partial charge in [-0.1, -0.05) is 0 Å². The molecule has 13 heteroatoms. The predicted octanol–water partition coefficient (Wildman–Crippen LogP) is 4.54. The number of ether oxygens (including phenoxy) is 2. The van der Waals surface area contributed by atoms with Crippen LogP contribution in [-0.2, 0) is 6.54 Å². The third-order valence-electron chi connectivity index (χ3n) is 5.22. The highest BCUT2D eigenvalue weighted by Crippen LogP contribution is 2.40. The van der Waals surface area contributed by atoms with Crippen LogP contribution in [0.25, 0.3) is 11.3 Å². The van der Waals surface area contributed by atoms with Crippen molar-refractivity contribution in [3.8, 4) is 22.9 Å². The Kier molecular flexibility index (Phi) is 5.87. The number of halogens is 5. The van der Waals surface area contributed by atoms with Gasteiger partial charge in [-0.25, -0.2) is 9.97 Å². The van der Waals surface area contributed by atoms with Crippen LogP contribution in [0.5, 0.6) is 11.6 Å². The van der Waals surface area contributed by atoms with Gasteiger partial charge in [-0.15, -0.1) is 0 Å². The zero-order chi connectivity index (χ0) is 24.8. The summed E-state index contributed by atoms with van der Waals surface area (Å²) in [5.74, 6) is -0.842. The highest BCUT2D eigenvalue weighted by molar-refractivity contribution is 6.11. The van der Waals surface area contributed by atoms with Crippen LogP contribution < -0.4 is 14.4 Å². The van der Waals surface area contributed by atoms with Crippen LogP contribution in [0.3, 0.4) is 0 Å². The molecular formula is C21H18F5N5O3. The summed E-state index contributed by atoms with van der Waals surface area (Å²) in [5, 5.41) is 3.70. The second kappa shape index (κ2) is 8.54. The van der Waals surface area contributed by atoms with E-state index >= 15 is 0 Å². The molecule has 1 aliphatic rings. The van der Waals surface area contributed by atoms with Gasteiger partial charge in [0.15, 0.2) is 5.75 Å². The second-order valence-electron chi connectivity index (χ2n) is 7.56. The van der Waals surface area contributed by atoms with Crippen molar-refractivity contribution in [1.82, 2.24) is 19.7 Å². The molecule has 0 fully saturated rings. The van der Waals surface area contributed by atoms with Crippen LogP contribution in [0, 0.1) is 6.92 Å². The van der Waals surface area contributed by atoms with Crippen molar-refractivity contribution in [2.24, 2.45) is 0 Å². The van der Waals surface area contributed by atoms with Crippen LogP contribution in [-0.4, -0.2) is 45.6 Å². The molecule has 0 saturated heterocycles. The maximum absolute atomic E-state index is 13.1. The van der Waals surface area contributed by atoms with Crippen molar-refractivity contribution in [1.29, 1.82) is 0 Å². The molecule has 34 heavy (non-hydrogen) atoms. The molecule has 3 aromatic rings. The highest BCUT2D eigenvalue weighted by atomic mass is 19.4. The number of carbonyl (C=O) groups is 1. The maximum atomic E-state index is 13.1. The van der Waals surface area contributed by atoms with Crippen LogP contribution in [0.1, 0.15) is 34.6 Å². The second-order valence-corrected chi connectivity index (χ2v) is 7.56. The number of amides is 1. The lowest BCUT2D eigenvalue weighted by Gasteiger charge is -2.19. The van der Waals surface area contributed by atoms with Crippen LogP contribution >= 0.6 is 0 Å². The molecule has 0 spiro atoms. The van der Waals surface area contributed by atoms with Gasteiger partial charge in [0.25, 0.3) is 11.8 Å². The summed E-state index contributed by atoms with van der Waals surface area (Å²) >= 11 is 0. The van der Waals surface area contributed by atoms with Crippen molar-refractivity contribution in [3.05, 3.63) is 47.5 Å². The molecule has 0 radical (unpaired) electrons. The fourth-order valence-electron chi connectivity index (χ4n) is 3.84. The zero-order valence-electron chi connectivity index (χ0n) is 18.1. The summed E-state index contributed by atoms with van der Waals surface area (Å²) in [7, 11) is 1.26. The number of alkyl halides is 5. The Morgan fingerprint density at radius 3 is 2.59 bits per heavy atom. The van der Waals surface area contributed by atoms with Crippen molar-refractivity contribution in [3.63, 3.8) is 0 Å². The molecule has 1 unspecified atom stereocenters. The first kappa shape index (κ1) is 23.4. The van der Waals surface area contributed by atoms with Gasteiger partial charge in [0.05, 0.1) is 42.0 Å². The van der Waals surface area contributed by atoms with E-state index in [0.29, 0.717) is 32.8 Å². The Balaban J connectivity index is 1.70. The first-order chi connectivity index (χ1) is 16.0. The number of fused-ring (bicyclic) bond motifs is 1. The third kappa shape index (κ3) is 4.37. The molecule has 8 nitrogen and oxygen atoms in total. The molecular weight excluding hydrogens is 465 g/mol. The SMILES string of the molecule is COc1ncc(-c2cc(C)c3c(n2)C(C)N(c2cnn(CC(F)(F)F)c2)C3=O)cc1OC(F)F. The van der Waals surface area contributed by atoms with Gasteiger partial charge >= 0.3 is 12.8 Å². The number of aromatic nitrogens is 4. The van der Waals surface area contributed by atoms with E-state index in [4.69, 9.17) is 4.74 Å². The minimum atomic E-state index is -4.46. The lowest BCUT2D eigenvalue weighted by Crippen LogP contribution is -2.26. The molecule has 4 heterocycles. The molecule has 180 valence electrons. The van der Waals surface area contributed by atoms with Crippen LogP contribution in [0.15, 0.2) is 30.7 Å². The van der Waals surface area contributed by atoms with Crippen molar-refractivity contribution < 1.29 is 36.2 Å². The average molecular weight is 483 g/mol. The lowest BCUT2D eigenvalue weighted by atomic mass is 10.0. The number of hydrogen-bond donors (Lipinski definition) is 0. The predicted molar refractivity (Wildman–Crippen MR) is 109 cm³/mol. The van der Waals surface area contributed by atoms with Crippen molar-refractivity contribution >= 4 is 11.6 Å². The van der Waals surface area contributed by atoms with E-state index < -0.39 is 31.3 Å². The van der Waals surface area contributed by atoms with Crippen LogP contribution in [0.4, 0.5) is 27.6 Å². The van der Waals surface area contributed by atoms with E-state index in [2.05, 4.69) is 19.8 Å². The zero-order valence-corrected chi connectivity index (χ0v) is 18.1. The standard InChI is InChI=1S/C21H18F5N5O3/c1-10-4-14(12-5-15(34-20(22)23)18(33-3)27-6-12)29-17-11(2)31(19(32)16(10)17)13-7-28-30(8-13)9-21(24,25)26/h4-8,11,20H,9H2,1-3H3. The van der Waals surface area contributed by atoms with Gasteiger partial charge in [0, 0.05) is 18.0 Å². The number of hydrogen-bond acceptors (Lipinski definition) is 6. The third-order valence-corrected chi connectivity index (χ3v) is 5.22. The van der Waals surface area contributed by atoms with E-state index in [1.165, 1.54) is 30.5 Å². The summed E-state index contributed by atoms with van der Waals surface area (Å²) in [6.45, 7) is -1.02. The molecule has 3 aromatic heterocycles. The highest BCUT2D eigenvalue weighted by Gasteiger charge is 2.39. The van der Waals surface area contributed by atoms with Crippen molar-refractivity contribution in [2.75, 3.05) is 12.0 Å². The number of rotatable bonds is 6. The maximum Gasteiger partial charge on any atom is 0.408 e.